The Labute approximate surface area is 126 Å². The molecule has 1 fully saturated rings. The van der Waals surface area contributed by atoms with Gasteiger partial charge in [-0.3, -0.25) is 0 Å². The van der Waals surface area contributed by atoms with E-state index in [9.17, 15) is 13.5 Å². The molecule has 0 bridgehead atoms. The van der Waals surface area contributed by atoms with Gasteiger partial charge >= 0.3 is 0 Å². The third-order valence-electron chi connectivity index (χ3n) is 4.42. The van der Waals surface area contributed by atoms with Crippen molar-refractivity contribution in [2.45, 2.75) is 44.6 Å². The van der Waals surface area contributed by atoms with Gasteiger partial charge in [-0.05, 0) is 56.7 Å². The summed E-state index contributed by atoms with van der Waals surface area (Å²) in [5, 5.41) is 9.62. The van der Waals surface area contributed by atoms with E-state index in [1.54, 1.807) is 32.9 Å². The molecule has 1 aromatic carbocycles. The molecule has 0 amide bonds. The van der Waals surface area contributed by atoms with Gasteiger partial charge in [0.25, 0.3) is 0 Å². The van der Waals surface area contributed by atoms with Crippen LogP contribution in [0.2, 0.25) is 0 Å². The zero-order chi connectivity index (χ0) is 15.8. The van der Waals surface area contributed by atoms with Crippen molar-refractivity contribution in [3.63, 3.8) is 0 Å². The lowest BCUT2D eigenvalue weighted by atomic mass is 9.93. The topological polar surface area (TPSA) is 83.6 Å². The van der Waals surface area contributed by atoms with Crippen LogP contribution in [0.3, 0.4) is 0 Å². The van der Waals surface area contributed by atoms with E-state index < -0.39 is 10.0 Å². The van der Waals surface area contributed by atoms with E-state index in [-0.39, 0.29) is 12.0 Å². The highest BCUT2D eigenvalue weighted by atomic mass is 32.2. The van der Waals surface area contributed by atoms with Crippen LogP contribution in [-0.4, -0.2) is 37.0 Å². The van der Waals surface area contributed by atoms with Gasteiger partial charge in [0.1, 0.15) is 0 Å². The van der Waals surface area contributed by atoms with Crippen LogP contribution in [0.15, 0.2) is 17.0 Å². The average molecular weight is 312 g/mol. The minimum absolute atomic E-state index is 0.180. The van der Waals surface area contributed by atoms with Crippen molar-refractivity contribution >= 4 is 15.7 Å². The lowest BCUT2D eigenvalue weighted by Crippen LogP contribution is -2.41. The number of nitrogen functional groups attached to an aromatic ring is 1. The molecule has 1 atom stereocenters. The lowest BCUT2D eigenvalue weighted by Gasteiger charge is -2.33. The molecule has 118 valence electrons. The summed E-state index contributed by atoms with van der Waals surface area (Å²) >= 11 is 0. The van der Waals surface area contributed by atoms with Gasteiger partial charge in [-0.25, -0.2) is 8.42 Å². The highest BCUT2D eigenvalue weighted by Gasteiger charge is 2.32. The molecule has 6 heteroatoms. The molecular formula is C15H24N2O3S. The summed E-state index contributed by atoms with van der Waals surface area (Å²) in [4.78, 5) is 0.331. The lowest BCUT2D eigenvalue weighted by molar-refractivity contribution is 0.0912. The molecule has 5 nitrogen and oxygen atoms in total. The number of aliphatic hydroxyl groups excluding tert-OH is 1. The largest absolute Gasteiger partial charge is 0.398 e. The predicted molar refractivity (Wildman–Crippen MR) is 83.5 cm³/mol. The maximum absolute atomic E-state index is 12.9. The Bertz CT molecular complexity index is 618. The van der Waals surface area contributed by atoms with Gasteiger partial charge in [0.05, 0.1) is 11.0 Å². The van der Waals surface area contributed by atoms with Gasteiger partial charge in [0.15, 0.2) is 0 Å². The molecule has 1 unspecified atom stereocenters. The van der Waals surface area contributed by atoms with Crippen LogP contribution in [0.5, 0.6) is 0 Å². The third-order valence-corrected chi connectivity index (χ3v) is 6.61. The molecule has 21 heavy (non-hydrogen) atoms. The van der Waals surface area contributed by atoms with Crippen molar-refractivity contribution < 1.29 is 13.5 Å². The number of hydrogen-bond acceptors (Lipinski definition) is 4. The highest BCUT2D eigenvalue weighted by Crippen LogP contribution is 2.30. The molecule has 1 aromatic rings. The first kappa shape index (κ1) is 16.3. The van der Waals surface area contributed by atoms with Crippen molar-refractivity contribution in [2.24, 2.45) is 5.92 Å². The molecule has 1 aliphatic heterocycles. The second kappa shape index (κ2) is 5.94. The van der Waals surface area contributed by atoms with E-state index in [0.29, 0.717) is 42.1 Å². The number of hydrogen-bond donors (Lipinski definition) is 2. The third kappa shape index (κ3) is 3.07. The van der Waals surface area contributed by atoms with Crippen LogP contribution in [0.4, 0.5) is 5.69 Å². The monoisotopic (exact) mass is 312 g/mol. The highest BCUT2D eigenvalue weighted by molar-refractivity contribution is 7.89. The zero-order valence-electron chi connectivity index (χ0n) is 12.8. The first-order valence-corrected chi connectivity index (χ1v) is 8.73. The fraction of sp³-hybridized carbons (Fsp3) is 0.600. The summed E-state index contributed by atoms with van der Waals surface area (Å²) in [6.07, 6.45) is 1.000. The minimum atomic E-state index is -3.52. The van der Waals surface area contributed by atoms with E-state index in [1.165, 1.54) is 4.31 Å². The second-order valence-corrected chi connectivity index (χ2v) is 7.78. The number of nitrogens with two attached hydrogens (primary N) is 1. The van der Waals surface area contributed by atoms with Crippen LogP contribution in [-0.2, 0) is 10.0 Å². The molecule has 0 spiro atoms. The molecule has 1 heterocycles. The number of rotatable bonds is 3. The molecule has 0 aliphatic carbocycles. The maximum atomic E-state index is 12.9. The number of piperidine rings is 1. The molecule has 2 rings (SSSR count). The SMILES string of the molecule is Cc1ccc(N)c(C)c1S(=O)(=O)N1CCC(C(C)O)CC1. The molecule has 1 saturated heterocycles. The molecule has 0 radical (unpaired) electrons. The van der Waals surface area contributed by atoms with Crippen LogP contribution in [0.25, 0.3) is 0 Å². The summed E-state index contributed by atoms with van der Waals surface area (Å²) < 4.78 is 27.2. The molecular weight excluding hydrogens is 288 g/mol. The first-order valence-electron chi connectivity index (χ1n) is 7.29. The number of sulfonamides is 1. The van der Waals surface area contributed by atoms with E-state index in [2.05, 4.69) is 0 Å². The van der Waals surface area contributed by atoms with Gasteiger partial charge in [-0.1, -0.05) is 6.07 Å². The minimum Gasteiger partial charge on any atom is -0.398 e. The van der Waals surface area contributed by atoms with Crippen molar-refractivity contribution in [3.8, 4) is 0 Å². The Morgan fingerprint density at radius 1 is 1.29 bits per heavy atom. The van der Waals surface area contributed by atoms with Crippen LogP contribution < -0.4 is 5.73 Å². The van der Waals surface area contributed by atoms with Crippen molar-refractivity contribution in [1.82, 2.24) is 4.31 Å². The molecule has 3 N–H and O–H groups in total. The van der Waals surface area contributed by atoms with Crippen molar-refractivity contribution in [1.29, 1.82) is 0 Å². The normalized spacial score (nSPS) is 19.6. The Morgan fingerprint density at radius 3 is 2.38 bits per heavy atom. The van der Waals surface area contributed by atoms with Crippen molar-refractivity contribution in [2.75, 3.05) is 18.8 Å². The Balaban J connectivity index is 2.30. The van der Waals surface area contributed by atoms with Gasteiger partial charge in [0, 0.05) is 18.8 Å². The van der Waals surface area contributed by atoms with E-state index >= 15 is 0 Å². The summed E-state index contributed by atoms with van der Waals surface area (Å²) in [6.45, 7) is 6.21. The standard InChI is InChI=1S/C15H24N2O3S/c1-10-4-5-14(16)11(2)15(10)21(19,20)17-8-6-13(7-9-17)12(3)18/h4-5,12-13,18H,6-9,16H2,1-3H3. The Morgan fingerprint density at radius 2 is 1.86 bits per heavy atom. The first-order chi connectivity index (χ1) is 9.75. The maximum Gasteiger partial charge on any atom is 0.243 e. The van der Waals surface area contributed by atoms with E-state index in [4.69, 9.17) is 5.73 Å². The summed E-state index contributed by atoms with van der Waals surface area (Å²) in [5.41, 5.74) is 7.70. The predicted octanol–water partition coefficient (Wildman–Crippen LogP) is 1.67. The molecule has 0 aromatic heterocycles. The van der Waals surface area contributed by atoms with E-state index in [1.807, 2.05) is 0 Å². The number of aryl methyl sites for hydroxylation is 1. The Kier molecular flexibility index (Phi) is 4.60. The number of nitrogens with zero attached hydrogens (tertiary/aromatic N) is 1. The molecule has 1 aliphatic rings. The summed E-state index contributed by atoms with van der Waals surface area (Å²) in [6, 6.07) is 3.49. The Hall–Kier alpha value is -1.11. The average Bonchev–Trinajstić information content (AvgIpc) is 2.43. The second-order valence-electron chi connectivity index (χ2n) is 5.91. The van der Waals surface area contributed by atoms with Gasteiger partial charge < -0.3 is 10.8 Å². The molecule has 0 saturated carbocycles. The van der Waals surface area contributed by atoms with Crippen LogP contribution in [0, 0.1) is 19.8 Å². The summed E-state index contributed by atoms with van der Waals surface area (Å²) in [7, 11) is -3.52. The smallest absolute Gasteiger partial charge is 0.243 e. The van der Waals surface area contributed by atoms with Crippen LogP contribution >= 0.6 is 0 Å². The van der Waals surface area contributed by atoms with Gasteiger partial charge in [0.2, 0.25) is 10.0 Å². The number of benzene rings is 1. The summed E-state index contributed by atoms with van der Waals surface area (Å²) in [5.74, 6) is 0.180. The van der Waals surface area contributed by atoms with Gasteiger partial charge in [-0.15, -0.1) is 0 Å². The number of anilines is 1. The fourth-order valence-corrected chi connectivity index (χ4v) is 4.90. The van der Waals surface area contributed by atoms with Crippen LogP contribution in [0.1, 0.15) is 30.9 Å². The zero-order valence-corrected chi connectivity index (χ0v) is 13.7. The quantitative estimate of drug-likeness (QED) is 0.832. The number of aliphatic hydroxyl groups is 1. The van der Waals surface area contributed by atoms with Gasteiger partial charge in [-0.2, -0.15) is 4.31 Å². The van der Waals surface area contributed by atoms with Crippen molar-refractivity contribution in [3.05, 3.63) is 23.3 Å². The van der Waals surface area contributed by atoms with E-state index in [0.717, 1.165) is 5.56 Å². The fourth-order valence-electron chi connectivity index (χ4n) is 2.97.